The van der Waals surface area contributed by atoms with Crippen LogP contribution in [0.5, 0.6) is 0 Å². The molecule has 5 heteroatoms. The number of carbonyl (C=O) groups is 1. The molecular weight excluding hydrogens is 182 g/mol. The number of fused-ring (bicyclic) bond motifs is 1. The molecule has 0 bridgehead atoms. The van der Waals surface area contributed by atoms with Crippen LogP contribution in [0.25, 0.3) is 10.9 Å². The van der Waals surface area contributed by atoms with Gasteiger partial charge in [0.1, 0.15) is 12.6 Å². The van der Waals surface area contributed by atoms with E-state index in [9.17, 15) is 4.79 Å². The predicted molar refractivity (Wildman–Crippen MR) is 50.8 cm³/mol. The smallest absolute Gasteiger partial charge is 0.269 e. The lowest BCUT2D eigenvalue weighted by molar-refractivity contribution is 0.0983. The molecule has 0 spiro atoms. The fourth-order valence-electron chi connectivity index (χ4n) is 1.36. The van der Waals surface area contributed by atoms with Gasteiger partial charge in [-0.05, 0) is 6.07 Å². The second kappa shape index (κ2) is 3.02. The molecule has 1 amide bonds. The zero-order valence-corrected chi connectivity index (χ0v) is 7.60. The summed E-state index contributed by atoms with van der Waals surface area (Å²) in [6.45, 7) is 0. The van der Waals surface area contributed by atoms with Gasteiger partial charge in [-0.3, -0.25) is 4.79 Å². The molecule has 2 rings (SSSR count). The Morgan fingerprint density at radius 3 is 2.86 bits per heavy atom. The molecule has 14 heavy (non-hydrogen) atoms. The Morgan fingerprint density at radius 1 is 1.50 bits per heavy atom. The minimum atomic E-state index is -0.558. The molecule has 0 aliphatic heterocycles. The largest absolute Gasteiger partial charge is 0.399 e. The Hall–Kier alpha value is -2.04. The second-order valence-corrected chi connectivity index (χ2v) is 2.79. The third-order valence-electron chi connectivity index (χ3n) is 1.96. The van der Waals surface area contributed by atoms with Crippen molar-refractivity contribution in [2.45, 2.75) is 0 Å². The van der Waals surface area contributed by atoms with E-state index in [0.29, 0.717) is 5.39 Å². The van der Waals surface area contributed by atoms with Crippen LogP contribution in [0.3, 0.4) is 0 Å². The summed E-state index contributed by atoms with van der Waals surface area (Å²) in [5.74, 6) is -0.558. The molecule has 0 fully saturated rings. The molecule has 0 aliphatic carbocycles. The number of aromatic nitrogens is 2. The van der Waals surface area contributed by atoms with E-state index in [4.69, 9.17) is 10.6 Å². The monoisotopic (exact) mass is 191 g/mol. The van der Waals surface area contributed by atoms with Crippen molar-refractivity contribution in [1.29, 1.82) is 0 Å². The number of hydrogen-bond acceptors (Lipinski definition) is 3. The molecule has 0 aliphatic rings. The van der Waals surface area contributed by atoms with Gasteiger partial charge in [-0.1, -0.05) is 23.0 Å². The number of primary amides is 1. The molecule has 0 unspecified atom stereocenters. The van der Waals surface area contributed by atoms with Gasteiger partial charge >= 0.3 is 0 Å². The van der Waals surface area contributed by atoms with E-state index >= 15 is 0 Å². The first kappa shape index (κ1) is 8.55. The molecule has 0 radical (unpaired) electrons. The van der Waals surface area contributed by atoms with Crippen molar-refractivity contribution in [3.63, 3.8) is 0 Å². The van der Waals surface area contributed by atoms with Gasteiger partial charge in [0, 0.05) is 5.39 Å². The predicted octanol–water partition coefficient (Wildman–Crippen LogP) is 0.194. The highest BCUT2D eigenvalue weighted by molar-refractivity contribution is 6.03. The van der Waals surface area contributed by atoms with Crippen molar-refractivity contribution >= 4 is 16.8 Å². The van der Waals surface area contributed by atoms with Crippen LogP contribution in [0.4, 0.5) is 0 Å². The van der Waals surface area contributed by atoms with Crippen molar-refractivity contribution in [2.75, 3.05) is 7.11 Å². The Morgan fingerprint density at radius 2 is 2.21 bits per heavy atom. The SMILES string of the molecule is COn1nc(C(N)=O)c2ccccc21. The molecule has 72 valence electrons. The number of hydrogen-bond donors (Lipinski definition) is 1. The first-order valence-electron chi connectivity index (χ1n) is 4.06. The van der Waals surface area contributed by atoms with Crippen LogP contribution in [0, 0.1) is 0 Å². The van der Waals surface area contributed by atoms with Crippen LogP contribution in [0.15, 0.2) is 24.3 Å². The maximum Gasteiger partial charge on any atom is 0.269 e. The number of benzene rings is 1. The van der Waals surface area contributed by atoms with Crippen LogP contribution in [0.1, 0.15) is 10.5 Å². The van der Waals surface area contributed by atoms with Crippen molar-refractivity contribution < 1.29 is 9.63 Å². The van der Waals surface area contributed by atoms with E-state index in [1.165, 1.54) is 12.0 Å². The maximum absolute atomic E-state index is 11.0. The van der Waals surface area contributed by atoms with E-state index in [0.717, 1.165) is 5.52 Å². The summed E-state index contributed by atoms with van der Waals surface area (Å²) in [4.78, 5) is 17.3. The van der Waals surface area contributed by atoms with Gasteiger partial charge in [0.05, 0.1) is 0 Å². The van der Waals surface area contributed by atoms with Crippen molar-refractivity contribution in [3.05, 3.63) is 30.0 Å². The van der Waals surface area contributed by atoms with Crippen LogP contribution in [0.2, 0.25) is 0 Å². The Bertz CT molecular complexity index is 490. The fraction of sp³-hybridized carbons (Fsp3) is 0.111. The molecule has 1 aromatic carbocycles. The van der Waals surface area contributed by atoms with Crippen LogP contribution < -0.4 is 10.6 Å². The highest BCUT2D eigenvalue weighted by Crippen LogP contribution is 2.16. The first-order valence-corrected chi connectivity index (χ1v) is 4.06. The summed E-state index contributed by atoms with van der Waals surface area (Å²) in [5.41, 5.74) is 6.13. The second-order valence-electron chi connectivity index (χ2n) is 2.79. The number of rotatable bonds is 2. The Labute approximate surface area is 80.0 Å². The summed E-state index contributed by atoms with van der Waals surface area (Å²) >= 11 is 0. The molecule has 0 saturated carbocycles. The fourth-order valence-corrected chi connectivity index (χ4v) is 1.36. The average molecular weight is 191 g/mol. The molecular formula is C9H9N3O2. The molecule has 1 heterocycles. The number of nitrogens with two attached hydrogens (primary N) is 1. The highest BCUT2D eigenvalue weighted by Gasteiger charge is 2.13. The quantitative estimate of drug-likeness (QED) is 0.736. The number of para-hydroxylation sites is 1. The molecule has 2 aromatic rings. The van der Waals surface area contributed by atoms with Gasteiger partial charge in [-0.25, -0.2) is 0 Å². The number of carbonyl (C=O) groups excluding carboxylic acids is 1. The van der Waals surface area contributed by atoms with E-state index in [1.54, 1.807) is 12.1 Å². The molecule has 0 atom stereocenters. The van der Waals surface area contributed by atoms with E-state index in [2.05, 4.69) is 5.10 Å². The van der Waals surface area contributed by atoms with Gasteiger partial charge in [-0.15, -0.1) is 5.10 Å². The van der Waals surface area contributed by atoms with Crippen LogP contribution in [-0.4, -0.2) is 23.0 Å². The number of amides is 1. The summed E-state index contributed by atoms with van der Waals surface area (Å²) < 4.78 is 0. The van der Waals surface area contributed by atoms with Gasteiger partial charge in [0.2, 0.25) is 0 Å². The van der Waals surface area contributed by atoms with Gasteiger partial charge in [-0.2, -0.15) is 0 Å². The molecule has 0 saturated heterocycles. The lowest BCUT2D eigenvalue weighted by atomic mass is 10.2. The summed E-state index contributed by atoms with van der Waals surface area (Å²) in [5, 5.41) is 4.62. The van der Waals surface area contributed by atoms with E-state index in [1.807, 2.05) is 12.1 Å². The topological polar surface area (TPSA) is 70.1 Å². The van der Waals surface area contributed by atoms with E-state index < -0.39 is 5.91 Å². The average Bonchev–Trinajstić information content (AvgIpc) is 2.56. The Kier molecular flexibility index (Phi) is 1.85. The first-order chi connectivity index (χ1) is 6.74. The third kappa shape index (κ3) is 1.10. The van der Waals surface area contributed by atoms with Crippen molar-refractivity contribution in [3.8, 4) is 0 Å². The lowest BCUT2D eigenvalue weighted by Crippen LogP contribution is -2.14. The van der Waals surface area contributed by atoms with E-state index in [-0.39, 0.29) is 5.69 Å². The lowest BCUT2D eigenvalue weighted by Gasteiger charge is -1.97. The minimum absolute atomic E-state index is 0.224. The Balaban J connectivity index is 2.80. The van der Waals surface area contributed by atoms with Gasteiger partial charge < -0.3 is 10.6 Å². The van der Waals surface area contributed by atoms with Crippen LogP contribution >= 0.6 is 0 Å². The summed E-state index contributed by atoms with van der Waals surface area (Å²) in [7, 11) is 1.48. The van der Waals surface area contributed by atoms with Gasteiger partial charge in [0.15, 0.2) is 5.69 Å². The zero-order chi connectivity index (χ0) is 10.1. The number of nitrogens with zero attached hydrogens (tertiary/aromatic N) is 2. The summed E-state index contributed by atoms with van der Waals surface area (Å²) in [6, 6.07) is 7.23. The molecule has 2 N–H and O–H groups in total. The standard InChI is InChI=1S/C9H9N3O2/c1-14-12-7-5-3-2-4-6(7)8(11-12)9(10)13/h2-5H,1H3,(H2,10,13). The molecule has 1 aromatic heterocycles. The summed E-state index contributed by atoms with van der Waals surface area (Å²) in [6.07, 6.45) is 0. The van der Waals surface area contributed by atoms with Gasteiger partial charge in [0.25, 0.3) is 5.91 Å². The third-order valence-corrected chi connectivity index (χ3v) is 1.96. The van der Waals surface area contributed by atoms with Crippen molar-refractivity contribution in [2.24, 2.45) is 5.73 Å². The maximum atomic E-state index is 11.0. The minimum Gasteiger partial charge on any atom is -0.399 e. The normalized spacial score (nSPS) is 10.4. The zero-order valence-electron chi connectivity index (χ0n) is 7.60. The molecule has 5 nitrogen and oxygen atoms in total. The highest BCUT2D eigenvalue weighted by atomic mass is 16.7. The van der Waals surface area contributed by atoms with Crippen molar-refractivity contribution in [1.82, 2.24) is 9.94 Å². The van der Waals surface area contributed by atoms with Crippen LogP contribution in [-0.2, 0) is 0 Å².